The first-order valence-corrected chi connectivity index (χ1v) is 8.74. The van der Waals surface area contributed by atoms with Gasteiger partial charge in [0.15, 0.2) is 0 Å². The maximum Gasteiger partial charge on any atom is 0.0565 e. The van der Waals surface area contributed by atoms with E-state index in [2.05, 4.69) is 83.6 Å². The molecule has 2 aromatic rings. The van der Waals surface area contributed by atoms with Gasteiger partial charge >= 0.3 is 0 Å². The van der Waals surface area contributed by atoms with Gasteiger partial charge in [-0.2, -0.15) is 0 Å². The van der Waals surface area contributed by atoms with Gasteiger partial charge in [-0.3, -0.25) is 0 Å². The summed E-state index contributed by atoms with van der Waals surface area (Å²) in [6, 6.07) is 13.6. The number of anilines is 1. The van der Waals surface area contributed by atoms with E-state index >= 15 is 0 Å². The van der Waals surface area contributed by atoms with Crippen molar-refractivity contribution in [3.8, 4) is 0 Å². The molecule has 2 heteroatoms. The maximum atomic E-state index is 3.86. The van der Waals surface area contributed by atoms with E-state index in [1.54, 1.807) is 0 Å². The standard InChI is InChI=1S/C20H20BrN/c1-12-10-11-16-14-7-5-8-15(14)20(22-19(16)13(12)2)17-6-3-4-9-18(17)21/h3-7,9-11,14-15,20,22H,8H2,1-2H3/t14-,15+,20+/m1/s1. The zero-order valence-electron chi connectivity index (χ0n) is 12.9. The number of aryl methyl sites for hydroxylation is 1. The molecule has 0 bridgehead atoms. The third-order valence-corrected chi connectivity index (χ3v) is 6.03. The molecule has 4 rings (SSSR count). The van der Waals surface area contributed by atoms with Gasteiger partial charge in [-0.15, -0.1) is 0 Å². The average molecular weight is 354 g/mol. The number of nitrogens with one attached hydrogen (secondary N) is 1. The highest BCUT2D eigenvalue weighted by Crippen LogP contribution is 2.51. The molecule has 0 fully saturated rings. The second kappa shape index (κ2) is 5.27. The quantitative estimate of drug-likeness (QED) is 0.630. The van der Waals surface area contributed by atoms with Crippen LogP contribution in [0.2, 0.25) is 0 Å². The lowest BCUT2D eigenvalue weighted by Crippen LogP contribution is -2.30. The number of benzene rings is 2. The van der Waals surface area contributed by atoms with Crippen LogP contribution in [0.25, 0.3) is 0 Å². The monoisotopic (exact) mass is 353 g/mol. The Labute approximate surface area is 140 Å². The summed E-state index contributed by atoms with van der Waals surface area (Å²) in [6.07, 6.45) is 5.91. The highest BCUT2D eigenvalue weighted by atomic mass is 79.9. The number of rotatable bonds is 1. The summed E-state index contributed by atoms with van der Waals surface area (Å²) in [4.78, 5) is 0. The Morgan fingerprint density at radius 1 is 1.05 bits per heavy atom. The van der Waals surface area contributed by atoms with Crippen molar-refractivity contribution in [2.75, 3.05) is 5.32 Å². The Kier molecular flexibility index (Phi) is 3.37. The van der Waals surface area contributed by atoms with Gasteiger partial charge in [0.05, 0.1) is 6.04 Å². The predicted octanol–water partition coefficient (Wildman–Crippen LogP) is 5.89. The molecule has 1 aliphatic heterocycles. The van der Waals surface area contributed by atoms with E-state index in [1.165, 1.54) is 32.4 Å². The van der Waals surface area contributed by atoms with Gasteiger partial charge in [-0.05, 0) is 54.5 Å². The van der Waals surface area contributed by atoms with E-state index in [-0.39, 0.29) is 0 Å². The molecule has 1 nitrogen and oxygen atoms in total. The van der Waals surface area contributed by atoms with Crippen molar-refractivity contribution in [1.29, 1.82) is 0 Å². The SMILES string of the molecule is Cc1ccc2c(c1C)N[C@H](c1ccccc1Br)[C@H]1CC=C[C@@H]21. The molecule has 0 aromatic heterocycles. The Balaban J connectivity index is 1.87. The third-order valence-electron chi connectivity index (χ3n) is 5.31. The van der Waals surface area contributed by atoms with Gasteiger partial charge in [0.1, 0.15) is 0 Å². The van der Waals surface area contributed by atoms with Crippen LogP contribution in [0.15, 0.2) is 53.0 Å². The van der Waals surface area contributed by atoms with Crippen LogP contribution in [-0.2, 0) is 0 Å². The predicted molar refractivity (Wildman–Crippen MR) is 96.4 cm³/mol. The van der Waals surface area contributed by atoms with E-state index < -0.39 is 0 Å². The van der Waals surface area contributed by atoms with Crippen molar-refractivity contribution in [1.82, 2.24) is 0 Å². The molecule has 3 atom stereocenters. The number of hydrogen-bond donors (Lipinski definition) is 1. The van der Waals surface area contributed by atoms with Gasteiger partial charge in [-0.1, -0.05) is 58.4 Å². The second-order valence-corrected chi connectivity index (χ2v) is 7.32. The van der Waals surface area contributed by atoms with Gasteiger partial charge in [0.2, 0.25) is 0 Å². The van der Waals surface area contributed by atoms with E-state index in [9.17, 15) is 0 Å². The summed E-state index contributed by atoms with van der Waals surface area (Å²) in [6.45, 7) is 4.43. The van der Waals surface area contributed by atoms with Crippen LogP contribution in [0, 0.1) is 19.8 Å². The molecule has 0 spiro atoms. The fraction of sp³-hybridized carbons (Fsp3) is 0.300. The summed E-state index contributed by atoms with van der Waals surface area (Å²) in [5.41, 5.74) is 6.91. The Hall–Kier alpha value is -1.54. The molecule has 0 saturated heterocycles. The molecule has 2 aromatic carbocycles. The van der Waals surface area contributed by atoms with E-state index in [0.29, 0.717) is 17.9 Å². The smallest absolute Gasteiger partial charge is 0.0565 e. The lowest BCUT2D eigenvalue weighted by Gasteiger charge is -2.39. The Morgan fingerprint density at radius 3 is 2.68 bits per heavy atom. The first-order valence-electron chi connectivity index (χ1n) is 7.94. The number of allylic oxidation sites excluding steroid dienone is 2. The molecule has 1 aliphatic carbocycles. The summed E-state index contributed by atoms with van der Waals surface area (Å²) >= 11 is 3.74. The third kappa shape index (κ3) is 2.04. The average Bonchev–Trinajstić information content (AvgIpc) is 3.00. The topological polar surface area (TPSA) is 12.0 Å². The van der Waals surface area contributed by atoms with Crippen LogP contribution in [0.4, 0.5) is 5.69 Å². The van der Waals surface area contributed by atoms with Gasteiger partial charge in [-0.25, -0.2) is 0 Å². The number of fused-ring (bicyclic) bond motifs is 3. The number of halogens is 1. The second-order valence-electron chi connectivity index (χ2n) is 6.47. The molecule has 112 valence electrons. The lowest BCUT2D eigenvalue weighted by atomic mass is 9.76. The summed E-state index contributed by atoms with van der Waals surface area (Å²) in [5.74, 6) is 1.14. The summed E-state index contributed by atoms with van der Waals surface area (Å²) in [7, 11) is 0. The largest absolute Gasteiger partial charge is 0.377 e. The van der Waals surface area contributed by atoms with Crippen LogP contribution in [-0.4, -0.2) is 0 Å². The molecule has 1 N–H and O–H groups in total. The number of hydrogen-bond acceptors (Lipinski definition) is 1. The zero-order chi connectivity index (χ0) is 15.3. The van der Waals surface area contributed by atoms with Crippen molar-refractivity contribution in [2.45, 2.75) is 32.2 Å². The molecule has 22 heavy (non-hydrogen) atoms. The summed E-state index contributed by atoms with van der Waals surface area (Å²) in [5, 5.41) is 3.86. The molecule has 2 aliphatic rings. The molecule has 0 saturated carbocycles. The Bertz CT molecular complexity index is 762. The molecule has 0 amide bonds. The normalized spacial score (nSPS) is 25.5. The Morgan fingerprint density at radius 2 is 1.86 bits per heavy atom. The first-order chi connectivity index (χ1) is 10.7. The first kappa shape index (κ1) is 14.1. The summed E-state index contributed by atoms with van der Waals surface area (Å²) < 4.78 is 1.20. The lowest BCUT2D eigenvalue weighted by molar-refractivity contribution is 0.424. The minimum absolute atomic E-state index is 0.364. The van der Waals surface area contributed by atoms with E-state index in [4.69, 9.17) is 0 Å². The highest BCUT2D eigenvalue weighted by molar-refractivity contribution is 9.10. The molecule has 0 radical (unpaired) electrons. The van der Waals surface area contributed by atoms with E-state index in [1.807, 2.05) is 0 Å². The van der Waals surface area contributed by atoms with Crippen LogP contribution >= 0.6 is 15.9 Å². The van der Waals surface area contributed by atoms with E-state index in [0.717, 1.165) is 6.42 Å². The molecular formula is C20H20BrN. The minimum Gasteiger partial charge on any atom is -0.377 e. The minimum atomic E-state index is 0.364. The van der Waals surface area contributed by atoms with Crippen LogP contribution in [0.1, 0.15) is 40.6 Å². The van der Waals surface area contributed by atoms with Crippen LogP contribution < -0.4 is 5.32 Å². The van der Waals surface area contributed by atoms with Gasteiger partial charge in [0, 0.05) is 16.1 Å². The van der Waals surface area contributed by atoms with Crippen molar-refractivity contribution >= 4 is 21.6 Å². The van der Waals surface area contributed by atoms with Crippen molar-refractivity contribution in [3.05, 3.63) is 75.3 Å². The highest BCUT2D eigenvalue weighted by Gasteiger charge is 2.38. The van der Waals surface area contributed by atoms with Gasteiger partial charge < -0.3 is 5.32 Å². The van der Waals surface area contributed by atoms with Crippen molar-refractivity contribution < 1.29 is 0 Å². The van der Waals surface area contributed by atoms with Crippen molar-refractivity contribution in [2.24, 2.45) is 5.92 Å². The van der Waals surface area contributed by atoms with Crippen LogP contribution in [0.5, 0.6) is 0 Å². The zero-order valence-corrected chi connectivity index (χ0v) is 14.5. The molecule has 1 heterocycles. The fourth-order valence-corrected chi connectivity index (χ4v) is 4.49. The fourth-order valence-electron chi connectivity index (χ4n) is 3.95. The molecular weight excluding hydrogens is 334 g/mol. The van der Waals surface area contributed by atoms with Crippen molar-refractivity contribution in [3.63, 3.8) is 0 Å². The van der Waals surface area contributed by atoms with Gasteiger partial charge in [0.25, 0.3) is 0 Å². The van der Waals surface area contributed by atoms with Crippen LogP contribution in [0.3, 0.4) is 0 Å². The maximum absolute atomic E-state index is 3.86. The molecule has 0 unspecified atom stereocenters.